The Kier molecular flexibility index (Phi) is 4.99. The third-order valence-electron chi connectivity index (χ3n) is 3.71. The van der Waals surface area contributed by atoms with Gasteiger partial charge in [0.25, 0.3) is 0 Å². The molecule has 2 aromatic carbocycles. The predicted octanol–water partition coefficient (Wildman–Crippen LogP) is 4.07. The van der Waals surface area contributed by atoms with Crippen LogP contribution in [0, 0.1) is 11.3 Å². The van der Waals surface area contributed by atoms with Gasteiger partial charge in [0.1, 0.15) is 5.75 Å². The molecule has 3 rings (SSSR count). The van der Waals surface area contributed by atoms with Crippen LogP contribution in [0.4, 0.5) is 0 Å². The van der Waals surface area contributed by atoms with Gasteiger partial charge in [0.15, 0.2) is 11.5 Å². The molecule has 0 unspecified atom stereocenters. The molecule has 6 heteroatoms. The van der Waals surface area contributed by atoms with Crippen molar-refractivity contribution < 1.29 is 18.7 Å². The molecule has 26 heavy (non-hydrogen) atoms. The third-order valence-corrected chi connectivity index (χ3v) is 3.71. The number of rotatable bonds is 5. The summed E-state index contributed by atoms with van der Waals surface area (Å²) in [7, 11) is 1.58. The number of carbonyl (C=O) groups excluding carboxylic acids is 1. The monoisotopic (exact) mass is 348 g/mol. The van der Waals surface area contributed by atoms with Crippen molar-refractivity contribution >= 4 is 5.97 Å². The normalized spacial score (nSPS) is 10.2. The van der Waals surface area contributed by atoms with E-state index in [1.807, 2.05) is 0 Å². The maximum Gasteiger partial charge on any atom is 0.361 e. The molecule has 1 aromatic heterocycles. The van der Waals surface area contributed by atoms with Crippen LogP contribution in [0.1, 0.15) is 23.0 Å². The van der Waals surface area contributed by atoms with Gasteiger partial charge in [-0.3, -0.25) is 0 Å². The van der Waals surface area contributed by atoms with Crippen molar-refractivity contribution in [3.8, 4) is 34.6 Å². The number of hydrogen-bond acceptors (Lipinski definition) is 6. The molecule has 0 N–H and O–H groups in total. The van der Waals surface area contributed by atoms with Crippen molar-refractivity contribution in [2.45, 2.75) is 6.92 Å². The van der Waals surface area contributed by atoms with Gasteiger partial charge < -0.3 is 13.9 Å². The molecule has 0 radical (unpaired) electrons. The van der Waals surface area contributed by atoms with Crippen molar-refractivity contribution in [3.05, 3.63) is 59.8 Å². The number of aromatic nitrogens is 1. The lowest BCUT2D eigenvalue weighted by molar-refractivity contribution is 0.0520. The number of carbonyl (C=O) groups is 1. The first-order chi connectivity index (χ1) is 12.7. The van der Waals surface area contributed by atoms with Crippen LogP contribution < -0.4 is 4.74 Å². The van der Waals surface area contributed by atoms with Gasteiger partial charge in [-0.1, -0.05) is 0 Å². The van der Waals surface area contributed by atoms with Gasteiger partial charge in [-0.15, -0.1) is 0 Å². The molecule has 0 bridgehead atoms. The van der Waals surface area contributed by atoms with Crippen LogP contribution in [0.5, 0.6) is 5.75 Å². The minimum Gasteiger partial charge on any atom is -0.497 e. The van der Waals surface area contributed by atoms with E-state index in [0.29, 0.717) is 28.2 Å². The number of hydrogen-bond donors (Lipinski definition) is 0. The highest BCUT2D eigenvalue weighted by molar-refractivity contribution is 5.94. The van der Waals surface area contributed by atoms with Crippen molar-refractivity contribution in [3.63, 3.8) is 0 Å². The number of nitrogens with zero attached hydrogens (tertiary/aromatic N) is 2. The first kappa shape index (κ1) is 17.2. The van der Waals surface area contributed by atoms with Gasteiger partial charge in [-0.25, -0.2) is 9.78 Å². The molecule has 6 nitrogen and oxygen atoms in total. The van der Waals surface area contributed by atoms with Crippen molar-refractivity contribution in [1.82, 2.24) is 4.98 Å². The molecule has 0 spiro atoms. The molecule has 0 saturated carbocycles. The van der Waals surface area contributed by atoms with Gasteiger partial charge in [-0.2, -0.15) is 5.26 Å². The second kappa shape index (κ2) is 7.53. The van der Waals surface area contributed by atoms with Crippen molar-refractivity contribution in [2.75, 3.05) is 13.7 Å². The fraction of sp³-hybridized carbons (Fsp3) is 0.150. The Morgan fingerprint density at radius 1 is 1.12 bits per heavy atom. The van der Waals surface area contributed by atoms with E-state index < -0.39 is 5.97 Å². The number of ether oxygens (including phenoxy) is 2. The Morgan fingerprint density at radius 2 is 1.77 bits per heavy atom. The zero-order valence-electron chi connectivity index (χ0n) is 14.4. The topological polar surface area (TPSA) is 85.4 Å². The summed E-state index contributed by atoms with van der Waals surface area (Å²) in [6.45, 7) is 1.96. The zero-order chi connectivity index (χ0) is 18.5. The van der Waals surface area contributed by atoms with Gasteiger partial charge in [0.2, 0.25) is 5.89 Å². The van der Waals surface area contributed by atoms with Crippen molar-refractivity contribution in [2.24, 2.45) is 0 Å². The highest BCUT2D eigenvalue weighted by Crippen LogP contribution is 2.31. The molecule has 0 aliphatic heterocycles. The van der Waals surface area contributed by atoms with E-state index in [4.69, 9.17) is 19.2 Å². The molecule has 0 aliphatic carbocycles. The van der Waals surface area contributed by atoms with Crippen LogP contribution in [0.25, 0.3) is 22.8 Å². The average molecular weight is 348 g/mol. The van der Waals surface area contributed by atoms with Gasteiger partial charge in [0.05, 0.1) is 25.3 Å². The number of benzene rings is 2. The number of esters is 1. The van der Waals surface area contributed by atoms with Crippen LogP contribution in [0.2, 0.25) is 0 Å². The quantitative estimate of drug-likeness (QED) is 0.646. The molecular weight excluding hydrogens is 332 g/mol. The Morgan fingerprint density at radius 3 is 2.35 bits per heavy atom. The lowest BCUT2D eigenvalue weighted by Crippen LogP contribution is -2.06. The molecule has 3 aromatic rings. The van der Waals surface area contributed by atoms with E-state index in [9.17, 15) is 4.79 Å². The summed E-state index contributed by atoms with van der Waals surface area (Å²) in [6, 6.07) is 15.9. The van der Waals surface area contributed by atoms with Crippen LogP contribution in [-0.2, 0) is 4.74 Å². The Labute approximate surface area is 150 Å². The van der Waals surface area contributed by atoms with E-state index >= 15 is 0 Å². The molecule has 0 amide bonds. The van der Waals surface area contributed by atoms with Crippen LogP contribution >= 0.6 is 0 Å². The summed E-state index contributed by atoms with van der Waals surface area (Å²) in [6.07, 6.45) is 0. The van der Waals surface area contributed by atoms with Crippen LogP contribution in [0.3, 0.4) is 0 Å². The molecule has 0 fully saturated rings. The predicted molar refractivity (Wildman–Crippen MR) is 94.6 cm³/mol. The van der Waals surface area contributed by atoms with E-state index in [2.05, 4.69) is 11.1 Å². The first-order valence-electron chi connectivity index (χ1n) is 7.99. The average Bonchev–Trinajstić information content (AvgIpc) is 3.14. The number of oxazole rings is 1. The molecule has 0 atom stereocenters. The molecule has 1 heterocycles. The molecule has 0 aliphatic rings. The molecular formula is C20H16N2O4. The second-order valence-corrected chi connectivity index (χ2v) is 5.33. The lowest BCUT2D eigenvalue weighted by Gasteiger charge is -2.03. The van der Waals surface area contributed by atoms with Gasteiger partial charge >= 0.3 is 5.97 Å². The highest BCUT2D eigenvalue weighted by Gasteiger charge is 2.23. The number of nitriles is 1. The largest absolute Gasteiger partial charge is 0.497 e. The summed E-state index contributed by atoms with van der Waals surface area (Å²) < 4.78 is 16.1. The summed E-state index contributed by atoms with van der Waals surface area (Å²) >= 11 is 0. The standard InChI is InChI=1S/C20H16N2O4/c1-3-25-20(23)17-18(14-8-10-16(24-2)11-9-14)26-19(22-17)15-6-4-13(12-21)5-7-15/h4-11H,3H2,1-2H3. The first-order valence-corrected chi connectivity index (χ1v) is 7.99. The SMILES string of the molecule is CCOC(=O)c1nc(-c2ccc(C#N)cc2)oc1-c1ccc(OC)cc1. The van der Waals surface area contributed by atoms with Crippen LogP contribution in [0.15, 0.2) is 52.9 Å². The van der Waals surface area contributed by atoms with E-state index in [1.54, 1.807) is 62.6 Å². The third kappa shape index (κ3) is 3.42. The van der Waals surface area contributed by atoms with Gasteiger partial charge in [-0.05, 0) is 55.5 Å². The maximum absolute atomic E-state index is 12.3. The Hall–Kier alpha value is -3.59. The summed E-state index contributed by atoms with van der Waals surface area (Å²) in [4.78, 5) is 16.6. The highest BCUT2D eigenvalue weighted by atomic mass is 16.5. The van der Waals surface area contributed by atoms with E-state index in [1.165, 1.54) is 0 Å². The Bertz CT molecular complexity index is 951. The molecule has 130 valence electrons. The Balaban J connectivity index is 2.07. The minimum atomic E-state index is -0.554. The summed E-state index contributed by atoms with van der Waals surface area (Å²) in [5, 5.41) is 8.91. The smallest absolute Gasteiger partial charge is 0.361 e. The minimum absolute atomic E-state index is 0.108. The zero-order valence-corrected chi connectivity index (χ0v) is 14.4. The van der Waals surface area contributed by atoms with Crippen molar-refractivity contribution in [1.29, 1.82) is 5.26 Å². The fourth-order valence-electron chi connectivity index (χ4n) is 2.41. The second-order valence-electron chi connectivity index (χ2n) is 5.33. The van der Waals surface area contributed by atoms with Crippen LogP contribution in [-0.4, -0.2) is 24.7 Å². The summed E-state index contributed by atoms with van der Waals surface area (Å²) in [5.41, 5.74) is 1.98. The number of methoxy groups -OCH3 is 1. The summed E-state index contributed by atoms with van der Waals surface area (Å²) in [5.74, 6) is 0.744. The molecule has 0 saturated heterocycles. The fourth-order valence-corrected chi connectivity index (χ4v) is 2.41. The van der Waals surface area contributed by atoms with Gasteiger partial charge in [0, 0.05) is 11.1 Å². The maximum atomic E-state index is 12.3. The van der Waals surface area contributed by atoms with E-state index in [0.717, 1.165) is 0 Å². The lowest BCUT2D eigenvalue weighted by atomic mass is 10.1. The van der Waals surface area contributed by atoms with E-state index in [-0.39, 0.29) is 18.2 Å².